The van der Waals surface area contributed by atoms with E-state index in [9.17, 15) is 0 Å². The minimum Gasteiger partial charge on any atom is -0.288 e. The van der Waals surface area contributed by atoms with Crippen LogP contribution in [-0.2, 0) is 8.37 Å². The van der Waals surface area contributed by atoms with Crippen LogP contribution in [0.4, 0.5) is 0 Å². The molecule has 1 heterocycles. The Morgan fingerprint density at radius 3 is 2.43 bits per heavy atom. The Kier molecular flexibility index (Phi) is 1.28. The molecule has 2 nitrogen and oxygen atoms in total. The minimum absolute atomic E-state index is 0.0648. The summed E-state index contributed by atoms with van der Waals surface area (Å²) in [4.78, 5) is 0. The number of hydrogen-bond acceptors (Lipinski definition) is 3. The van der Waals surface area contributed by atoms with Crippen LogP contribution in [0.2, 0.25) is 0 Å². The zero-order valence-electron chi connectivity index (χ0n) is 4.43. The predicted molar refractivity (Wildman–Crippen MR) is 28.7 cm³/mol. The lowest BCUT2D eigenvalue weighted by Crippen LogP contribution is -2.20. The Labute approximate surface area is 47.6 Å². The van der Waals surface area contributed by atoms with Gasteiger partial charge in [0, 0.05) is 0 Å². The Morgan fingerprint density at radius 2 is 2.29 bits per heavy atom. The van der Waals surface area contributed by atoms with Crippen molar-refractivity contribution in [3.63, 3.8) is 0 Å². The first kappa shape index (κ1) is 5.41. The molecule has 1 saturated heterocycles. The molecule has 1 aliphatic rings. The third-order valence-corrected chi connectivity index (χ3v) is 1.45. The molecule has 7 heavy (non-hydrogen) atoms. The highest BCUT2D eigenvalue weighted by molar-refractivity contribution is 7.90. The SMILES string of the molecule is CC1(C)COSO1. The van der Waals surface area contributed by atoms with Gasteiger partial charge in [-0.2, -0.15) is 0 Å². The molecule has 0 amide bonds. The first-order valence-corrected chi connectivity index (χ1v) is 2.85. The van der Waals surface area contributed by atoms with Gasteiger partial charge in [-0.25, -0.2) is 0 Å². The lowest BCUT2D eigenvalue weighted by atomic mass is 10.2. The van der Waals surface area contributed by atoms with Crippen molar-refractivity contribution in [3.05, 3.63) is 0 Å². The molecule has 3 heteroatoms. The Bertz CT molecular complexity index is 64.1. The highest BCUT2D eigenvalue weighted by Gasteiger charge is 2.26. The molecule has 0 atom stereocenters. The van der Waals surface area contributed by atoms with Crippen LogP contribution < -0.4 is 0 Å². The molecular formula is C4H8O2S. The molecule has 0 aromatic heterocycles. The van der Waals surface area contributed by atoms with Gasteiger partial charge in [-0.05, 0) is 13.8 Å². The van der Waals surface area contributed by atoms with Crippen LogP contribution in [0.5, 0.6) is 0 Å². The summed E-state index contributed by atoms with van der Waals surface area (Å²) in [6.45, 7) is 4.68. The highest BCUT2D eigenvalue weighted by Crippen LogP contribution is 2.27. The minimum atomic E-state index is -0.0648. The maximum Gasteiger partial charge on any atom is 0.159 e. The van der Waals surface area contributed by atoms with Gasteiger partial charge in [0.1, 0.15) is 5.60 Å². The summed E-state index contributed by atoms with van der Waals surface area (Å²) in [5.74, 6) is 0. The van der Waals surface area contributed by atoms with E-state index in [0.717, 1.165) is 12.3 Å². The van der Waals surface area contributed by atoms with E-state index in [2.05, 4.69) is 0 Å². The van der Waals surface area contributed by atoms with Crippen molar-refractivity contribution < 1.29 is 8.37 Å². The fourth-order valence-corrected chi connectivity index (χ4v) is 0.919. The van der Waals surface area contributed by atoms with E-state index in [-0.39, 0.29) is 5.60 Å². The molecule has 0 aromatic rings. The summed E-state index contributed by atoms with van der Waals surface area (Å²) >= 11 is 1.08. The van der Waals surface area contributed by atoms with E-state index < -0.39 is 0 Å². The second-order valence-corrected chi connectivity index (χ2v) is 2.71. The van der Waals surface area contributed by atoms with Crippen molar-refractivity contribution in [1.82, 2.24) is 0 Å². The second kappa shape index (κ2) is 1.65. The molecule has 0 spiro atoms. The Hall–Kier alpha value is 0.270. The van der Waals surface area contributed by atoms with E-state index in [4.69, 9.17) is 8.37 Å². The van der Waals surface area contributed by atoms with Gasteiger partial charge in [-0.1, -0.05) is 0 Å². The molecule has 1 fully saturated rings. The molecule has 0 N–H and O–H groups in total. The van der Waals surface area contributed by atoms with Crippen LogP contribution in [0, 0.1) is 0 Å². The summed E-state index contributed by atoms with van der Waals surface area (Å²) in [6.07, 6.45) is 0. The molecule has 42 valence electrons. The third-order valence-electron chi connectivity index (χ3n) is 0.714. The highest BCUT2D eigenvalue weighted by atomic mass is 32.2. The number of rotatable bonds is 0. The third kappa shape index (κ3) is 1.33. The van der Waals surface area contributed by atoms with Crippen molar-refractivity contribution in [2.45, 2.75) is 19.4 Å². The van der Waals surface area contributed by atoms with E-state index in [1.807, 2.05) is 13.8 Å². The van der Waals surface area contributed by atoms with E-state index in [0.29, 0.717) is 6.61 Å². The topological polar surface area (TPSA) is 18.5 Å². The Balaban J connectivity index is 2.40. The predicted octanol–water partition coefficient (Wildman–Crippen LogP) is 1.38. The van der Waals surface area contributed by atoms with Gasteiger partial charge >= 0.3 is 0 Å². The second-order valence-electron chi connectivity index (χ2n) is 2.17. The molecule has 1 rings (SSSR count). The van der Waals surface area contributed by atoms with Crippen molar-refractivity contribution in [1.29, 1.82) is 0 Å². The van der Waals surface area contributed by atoms with Crippen LogP contribution in [0.15, 0.2) is 0 Å². The van der Waals surface area contributed by atoms with Crippen molar-refractivity contribution in [2.75, 3.05) is 6.61 Å². The monoisotopic (exact) mass is 120 g/mol. The fraction of sp³-hybridized carbons (Fsp3) is 1.00. The molecule has 0 aliphatic carbocycles. The molecule has 0 unspecified atom stereocenters. The quantitative estimate of drug-likeness (QED) is 0.450. The van der Waals surface area contributed by atoms with E-state index >= 15 is 0 Å². The smallest absolute Gasteiger partial charge is 0.159 e. The first-order valence-electron chi connectivity index (χ1n) is 2.18. The van der Waals surface area contributed by atoms with E-state index in [1.165, 1.54) is 0 Å². The maximum absolute atomic E-state index is 5.03. The average molecular weight is 120 g/mol. The van der Waals surface area contributed by atoms with Crippen LogP contribution in [-0.4, -0.2) is 12.2 Å². The Morgan fingerprint density at radius 1 is 1.57 bits per heavy atom. The van der Waals surface area contributed by atoms with Gasteiger partial charge in [0.15, 0.2) is 12.3 Å². The van der Waals surface area contributed by atoms with Crippen molar-refractivity contribution in [2.24, 2.45) is 0 Å². The van der Waals surface area contributed by atoms with Crippen LogP contribution >= 0.6 is 12.3 Å². The first-order chi connectivity index (χ1) is 3.21. The van der Waals surface area contributed by atoms with Crippen LogP contribution in [0.1, 0.15) is 13.8 Å². The molecule has 1 aliphatic heterocycles. The summed E-state index contributed by atoms with van der Waals surface area (Å²) in [5.41, 5.74) is -0.0648. The zero-order valence-corrected chi connectivity index (χ0v) is 5.25. The fourth-order valence-electron chi connectivity index (χ4n) is 0.306. The maximum atomic E-state index is 5.03. The van der Waals surface area contributed by atoms with Crippen LogP contribution in [0.3, 0.4) is 0 Å². The normalized spacial score (nSPS) is 28.3. The van der Waals surface area contributed by atoms with Gasteiger partial charge in [0.2, 0.25) is 0 Å². The molecule has 0 radical (unpaired) electrons. The van der Waals surface area contributed by atoms with Crippen LogP contribution in [0.25, 0.3) is 0 Å². The summed E-state index contributed by atoms with van der Waals surface area (Å²) in [5, 5.41) is 0. The molecular weight excluding hydrogens is 112 g/mol. The van der Waals surface area contributed by atoms with Gasteiger partial charge < -0.3 is 0 Å². The van der Waals surface area contributed by atoms with Gasteiger partial charge in [0.25, 0.3) is 0 Å². The number of hydrogen-bond donors (Lipinski definition) is 0. The largest absolute Gasteiger partial charge is 0.288 e. The van der Waals surface area contributed by atoms with Gasteiger partial charge in [-0.3, -0.25) is 8.37 Å². The lowest BCUT2D eigenvalue weighted by Gasteiger charge is -2.09. The molecule has 0 aromatic carbocycles. The van der Waals surface area contributed by atoms with Crippen molar-refractivity contribution in [3.8, 4) is 0 Å². The zero-order chi connectivity index (χ0) is 5.33. The van der Waals surface area contributed by atoms with Crippen molar-refractivity contribution >= 4 is 12.3 Å². The standard InChI is InChI=1S/C4H8O2S/c1-4(2)3-5-7-6-4/h3H2,1-2H3. The average Bonchev–Trinajstić information content (AvgIpc) is 1.84. The molecule has 0 bridgehead atoms. The summed E-state index contributed by atoms with van der Waals surface area (Å²) < 4.78 is 9.89. The molecule has 0 saturated carbocycles. The van der Waals surface area contributed by atoms with Gasteiger partial charge in [0.05, 0.1) is 6.61 Å². The lowest BCUT2D eigenvalue weighted by molar-refractivity contribution is 0.145. The van der Waals surface area contributed by atoms with E-state index in [1.54, 1.807) is 0 Å². The summed E-state index contributed by atoms with van der Waals surface area (Å²) in [7, 11) is 0. The van der Waals surface area contributed by atoms with Gasteiger partial charge in [-0.15, -0.1) is 0 Å². The summed E-state index contributed by atoms with van der Waals surface area (Å²) in [6, 6.07) is 0.